The van der Waals surface area contributed by atoms with Gasteiger partial charge >= 0.3 is 5.69 Å². The lowest BCUT2D eigenvalue weighted by Gasteiger charge is -2.17. The maximum Gasteiger partial charge on any atom is 0.310 e. The molecule has 0 spiro atoms. The SMILES string of the molecule is O=[N+]([O-])c1c(F)cc(F)cc1C(O)C(O)CCCl. The number of hydrogen-bond acceptors (Lipinski definition) is 4. The van der Waals surface area contributed by atoms with Crippen LogP contribution in [0.2, 0.25) is 0 Å². The van der Waals surface area contributed by atoms with Crippen molar-refractivity contribution in [3.63, 3.8) is 0 Å². The maximum absolute atomic E-state index is 13.3. The van der Waals surface area contributed by atoms with E-state index in [1.165, 1.54) is 0 Å². The Morgan fingerprint density at radius 3 is 2.50 bits per heavy atom. The van der Waals surface area contributed by atoms with Crippen LogP contribution in [-0.2, 0) is 0 Å². The predicted octanol–water partition coefficient (Wildman–Crippen LogP) is 1.90. The molecule has 100 valence electrons. The molecule has 2 unspecified atom stereocenters. The largest absolute Gasteiger partial charge is 0.390 e. The average Bonchev–Trinajstić information content (AvgIpc) is 2.26. The minimum Gasteiger partial charge on any atom is -0.390 e. The van der Waals surface area contributed by atoms with Crippen molar-refractivity contribution in [3.05, 3.63) is 39.4 Å². The molecule has 0 aliphatic heterocycles. The number of nitro groups is 1. The summed E-state index contributed by atoms with van der Waals surface area (Å²) in [4.78, 5) is 9.58. The second-order valence-electron chi connectivity index (χ2n) is 3.57. The van der Waals surface area contributed by atoms with E-state index >= 15 is 0 Å². The molecule has 0 amide bonds. The van der Waals surface area contributed by atoms with Crippen molar-refractivity contribution in [1.82, 2.24) is 0 Å². The zero-order valence-electron chi connectivity index (χ0n) is 9.02. The van der Waals surface area contributed by atoms with Crippen LogP contribution in [0.4, 0.5) is 14.5 Å². The Bertz CT molecular complexity index is 458. The van der Waals surface area contributed by atoms with Gasteiger partial charge in [0.25, 0.3) is 0 Å². The van der Waals surface area contributed by atoms with E-state index in [0.29, 0.717) is 12.1 Å². The van der Waals surface area contributed by atoms with Gasteiger partial charge in [-0.1, -0.05) is 0 Å². The van der Waals surface area contributed by atoms with E-state index in [0.717, 1.165) is 0 Å². The Morgan fingerprint density at radius 1 is 1.39 bits per heavy atom. The van der Waals surface area contributed by atoms with Crippen LogP contribution in [0, 0.1) is 21.7 Å². The highest BCUT2D eigenvalue weighted by molar-refractivity contribution is 6.17. The van der Waals surface area contributed by atoms with Gasteiger partial charge in [0.05, 0.1) is 16.6 Å². The second kappa shape index (κ2) is 6.03. The van der Waals surface area contributed by atoms with Gasteiger partial charge in [-0.05, 0) is 12.5 Å². The molecule has 0 radical (unpaired) electrons. The minimum absolute atomic E-state index is 0.0101. The van der Waals surface area contributed by atoms with Crippen LogP contribution in [0.1, 0.15) is 18.1 Å². The highest BCUT2D eigenvalue weighted by Gasteiger charge is 2.30. The number of nitro benzene ring substituents is 1. The van der Waals surface area contributed by atoms with Crippen LogP contribution in [0.25, 0.3) is 0 Å². The van der Waals surface area contributed by atoms with Crippen LogP contribution in [0.5, 0.6) is 0 Å². The summed E-state index contributed by atoms with van der Waals surface area (Å²) in [5.74, 6) is -2.50. The number of aliphatic hydroxyl groups excluding tert-OH is 2. The Balaban J connectivity index is 3.25. The number of aliphatic hydroxyl groups is 2. The molecule has 18 heavy (non-hydrogen) atoms. The Morgan fingerprint density at radius 2 is 2.00 bits per heavy atom. The number of nitrogens with zero attached hydrogens (tertiary/aromatic N) is 1. The summed E-state index contributed by atoms with van der Waals surface area (Å²) in [6.07, 6.45) is -3.30. The summed E-state index contributed by atoms with van der Waals surface area (Å²) in [5.41, 5.74) is -1.67. The maximum atomic E-state index is 13.3. The molecule has 0 saturated carbocycles. The van der Waals surface area contributed by atoms with Crippen LogP contribution < -0.4 is 0 Å². The van der Waals surface area contributed by atoms with Gasteiger partial charge in [0.2, 0.25) is 5.82 Å². The fourth-order valence-electron chi connectivity index (χ4n) is 1.48. The lowest BCUT2D eigenvalue weighted by atomic mass is 10.0. The first kappa shape index (κ1) is 14.7. The summed E-state index contributed by atoms with van der Waals surface area (Å²) in [6.45, 7) is 0. The fraction of sp³-hybridized carbons (Fsp3) is 0.400. The molecule has 2 atom stereocenters. The van der Waals surface area contributed by atoms with Crippen LogP contribution in [0.3, 0.4) is 0 Å². The molecule has 1 aromatic carbocycles. The Labute approximate surface area is 106 Å². The van der Waals surface area contributed by atoms with E-state index in [1.54, 1.807) is 0 Å². The van der Waals surface area contributed by atoms with E-state index in [2.05, 4.69) is 0 Å². The zero-order valence-corrected chi connectivity index (χ0v) is 9.77. The van der Waals surface area contributed by atoms with Crippen molar-refractivity contribution in [2.24, 2.45) is 0 Å². The molecule has 1 rings (SSSR count). The van der Waals surface area contributed by atoms with Gasteiger partial charge in [-0.15, -0.1) is 11.6 Å². The molecule has 8 heteroatoms. The molecule has 0 aromatic heterocycles. The highest BCUT2D eigenvalue weighted by Crippen LogP contribution is 2.31. The summed E-state index contributed by atoms with van der Waals surface area (Å²) >= 11 is 5.34. The first-order chi connectivity index (χ1) is 8.38. The van der Waals surface area contributed by atoms with E-state index in [9.17, 15) is 29.1 Å². The van der Waals surface area contributed by atoms with E-state index < -0.39 is 40.0 Å². The summed E-state index contributed by atoms with van der Waals surface area (Å²) in [7, 11) is 0. The molecule has 0 bridgehead atoms. The van der Waals surface area contributed by atoms with Crippen molar-refractivity contribution in [2.75, 3.05) is 5.88 Å². The third-order valence-corrected chi connectivity index (χ3v) is 2.55. The van der Waals surface area contributed by atoms with Crippen molar-refractivity contribution in [2.45, 2.75) is 18.6 Å². The average molecular weight is 282 g/mol. The molecule has 0 fully saturated rings. The summed E-state index contributed by atoms with van der Waals surface area (Å²) in [5, 5.41) is 29.8. The summed E-state index contributed by atoms with van der Waals surface area (Å²) < 4.78 is 26.3. The topological polar surface area (TPSA) is 83.6 Å². The number of benzene rings is 1. The van der Waals surface area contributed by atoms with Gasteiger partial charge in [0, 0.05) is 11.9 Å². The lowest BCUT2D eigenvalue weighted by Crippen LogP contribution is -2.20. The smallest absolute Gasteiger partial charge is 0.310 e. The quantitative estimate of drug-likeness (QED) is 0.490. The van der Waals surface area contributed by atoms with Gasteiger partial charge in [-0.2, -0.15) is 4.39 Å². The van der Waals surface area contributed by atoms with Crippen molar-refractivity contribution in [3.8, 4) is 0 Å². The van der Waals surface area contributed by atoms with Crippen molar-refractivity contribution >= 4 is 17.3 Å². The monoisotopic (exact) mass is 281 g/mol. The van der Waals surface area contributed by atoms with Crippen molar-refractivity contribution < 1.29 is 23.9 Å². The molecule has 0 saturated heterocycles. The highest BCUT2D eigenvalue weighted by atomic mass is 35.5. The van der Waals surface area contributed by atoms with Gasteiger partial charge < -0.3 is 10.2 Å². The van der Waals surface area contributed by atoms with Gasteiger partial charge in [0.15, 0.2) is 0 Å². The van der Waals surface area contributed by atoms with Gasteiger partial charge in [-0.3, -0.25) is 10.1 Å². The molecule has 0 aliphatic rings. The van der Waals surface area contributed by atoms with E-state index in [1.807, 2.05) is 0 Å². The first-order valence-corrected chi connectivity index (χ1v) is 5.47. The standard InChI is InChI=1S/C10H10ClF2NO4/c11-2-1-8(15)10(16)6-3-5(12)4-7(13)9(6)14(17)18/h3-4,8,10,15-16H,1-2H2. The van der Waals surface area contributed by atoms with E-state index in [4.69, 9.17) is 11.6 Å². The predicted molar refractivity (Wildman–Crippen MR) is 59.3 cm³/mol. The van der Waals surface area contributed by atoms with Crippen molar-refractivity contribution in [1.29, 1.82) is 0 Å². The normalized spacial score (nSPS) is 14.3. The third kappa shape index (κ3) is 3.12. The molecule has 5 nitrogen and oxygen atoms in total. The number of halogens is 3. The molecule has 0 aliphatic carbocycles. The van der Waals surface area contributed by atoms with Gasteiger partial charge in [0.1, 0.15) is 11.9 Å². The molecular weight excluding hydrogens is 272 g/mol. The third-order valence-electron chi connectivity index (χ3n) is 2.33. The van der Waals surface area contributed by atoms with Crippen LogP contribution >= 0.6 is 11.6 Å². The first-order valence-electron chi connectivity index (χ1n) is 4.94. The zero-order chi connectivity index (χ0) is 13.9. The molecule has 2 N–H and O–H groups in total. The minimum atomic E-state index is -1.78. The number of hydrogen-bond donors (Lipinski definition) is 2. The number of alkyl halides is 1. The summed E-state index contributed by atoms with van der Waals surface area (Å²) in [6, 6.07) is 0.950. The lowest BCUT2D eigenvalue weighted by molar-refractivity contribution is -0.389. The van der Waals surface area contributed by atoms with Crippen LogP contribution in [0.15, 0.2) is 12.1 Å². The molecule has 0 heterocycles. The molecular formula is C10H10ClF2NO4. The fourth-order valence-corrected chi connectivity index (χ4v) is 1.70. The van der Waals surface area contributed by atoms with Gasteiger partial charge in [-0.25, -0.2) is 4.39 Å². The van der Waals surface area contributed by atoms with Crippen LogP contribution in [-0.4, -0.2) is 27.1 Å². The molecule has 1 aromatic rings. The Hall–Kier alpha value is -1.31. The second-order valence-corrected chi connectivity index (χ2v) is 3.95. The number of rotatable bonds is 5. The Kier molecular flexibility index (Phi) is 4.94. The van der Waals surface area contributed by atoms with E-state index in [-0.39, 0.29) is 12.3 Å².